The molecule has 10 heteroatoms. The largest absolute Gasteiger partial charge is 0.478 e. The number of hydrogen-bond acceptors (Lipinski definition) is 5. The van der Waals surface area contributed by atoms with Crippen LogP contribution in [0.15, 0.2) is 146 Å². The molecular formula is C47H42N8O2. The summed E-state index contributed by atoms with van der Waals surface area (Å²) in [6.45, 7) is 4.98. The highest BCUT2D eigenvalue weighted by Gasteiger charge is 2.18. The topological polar surface area (TPSA) is 130 Å². The minimum Gasteiger partial charge on any atom is -0.478 e. The number of aryl methyl sites for hydroxylation is 3. The number of aromatic carboxylic acids is 1. The number of imidazole rings is 4. The van der Waals surface area contributed by atoms with Crippen LogP contribution < -0.4 is 0 Å². The molecular weight excluding hydrogens is 709 g/mol. The fourth-order valence-electron chi connectivity index (χ4n) is 7.22. The lowest BCUT2D eigenvalue weighted by Gasteiger charge is -2.12. The van der Waals surface area contributed by atoms with Gasteiger partial charge in [-0.25, -0.2) is 24.7 Å². The molecule has 3 N–H and O–H groups in total. The molecule has 0 atom stereocenters. The van der Waals surface area contributed by atoms with Gasteiger partial charge in [0.15, 0.2) is 0 Å². The number of carboxylic acid groups (broad SMARTS) is 1. The fraction of sp³-hybridized carbons (Fsp3) is 0.128. The van der Waals surface area contributed by atoms with Crippen molar-refractivity contribution in [2.45, 2.75) is 33.2 Å². The van der Waals surface area contributed by atoms with Crippen LogP contribution in [0.2, 0.25) is 0 Å². The minimum atomic E-state index is -0.921. The van der Waals surface area contributed by atoms with Crippen molar-refractivity contribution in [2.75, 3.05) is 0 Å². The quantitative estimate of drug-likeness (QED) is 0.149. The smallest absolute Gasteiger partial charge is 0.336 e. The van der Waals surface area contributed by atoms with Gasteiger partial charge in [0.05, 0.1) is 62.4 Å². The molecule has 0 saturated carbocycles. The number of carbonyl (C=O) groups is 1. The molecule has 282 valence electrons. The molecule has 0 unspecified atom stereocenters. The van der Waals surface area contributed by atoms with E-state index in [1.165, 1.54) is 0 Å². The number of nitrogens with zero attached hydrogens (tertiary/aromatic N) is 6. The molecule has 57 heavy (non-hydrogen) atoms. The Hall–Kier alpha value is -7.33. The van der Waals surface area contributed by atoms with Crippen molar-refractivity contribution in [1.29, 1.82) is 0 Å². The molecule has 0 fully saturated rings. The molecule has 0 radical (unpaired) electrons. The van der Waals surface area contributed by atoms with E-state index in [0.29, 0.717) is 12.1 Å². The summed E-state index contributed by atoms with van der Waals surface area (Å²) in [5.41, 5.74) is 13.7. The van der Waals surface area contributed by atoms with Gasteiger partial charge in [-0.2, -0.15) is 0 Å². The first-order valence-electron chi connectivity index (χ1n) is 19.0. The number of aromatic amines is 2. The number of fused-ring (bicyclic) bond motifs is 4. The van der Waals surface area contributed by atoms with Gasteiger partial charge in [0.25, 0.3) is 0 Å². The molecule has 0 aliphatic carbocycles. The Bertz CT molecular complexity index is 2840. The van der Waals surface area contributed by atoms with E-state index < -0.39 is 5.97 Å². The summed E-state index contributed by atoms with van der Waals surface area (Å²) in [6.07, 6.45) is 5.29. The molecule has 0 spiro atoms. The second-order valence-corrected chi connectivity index (χ2v) is 13.9. The SMILES string of the molecule is CCCc1nc2c(C)cc(-c3nc4ccccc4n3C)cc2n1Cc1ccc(-c2ccccc2C(=O)O)cc1.c1ccc2[nH]cnc2c1.c1ccc2[nH]cnc2c1. The van der Waals surface area contributed by atoms with Crippen molar-refractivity contribution in [3.8, 4) is 22.5 Å². The van der Waals surface area contributed by atoms with Crippen LogP contribution in [0.4, 0.5) is 0 Å². The maximum atomic E-state index is 11.7. The summed E-state index contributed by atoms with van der Waals surface area (Å²) in [6, 6.07) is 43.8. The molecule has 10 nitrogen and oxygen atoms in total. The Balaban J connectivity index is 0.000000203. The summed E-state index contributed by atoms with van der Waals surface area (Å²) in [4.78, 5) is 35.9. The molecule has 0 saturated heterocycles. The van der Waals surface area contributed by atoms with Crippen LogP contribution in [0.3, 0.4) is 0 Å². The van der Waals surface area contributed by atoms with Crippen molar-refractivity contribution in [2.24, 2.45) is 7.05 Å². The first-order valence-corrected chi connectivity index (χ1v) is 19.0. The first-order chi connectivity index (χ1) is 27.9. The molecule has 10 aromatic rings. The Morgan fingerprint density at radius 2 is 1.30 bits per heavy atom. The fourth-order valence-corrected chi connectivity index (χ4v) is 7.22. The average molecular weight is 751 g/mol. The van der Waals surface area contributed by atoms with Crippen molar-refractivity contribution in [3.05, 3.63) is 169 Å². The van der Waals surface area contributed by atoms with E-state index >= 15 is 0 Å². The zero-order valence-electron chi connectivity index (χ0n) is 32.0. The van der Waals surface area contributed by atoms with Crippen LogP contribution in [0.5, 0.6) is 0 Å². The number of rotatable bonds is 7. The van der Waals surface area contributed by atoms with E-state index in [-0.39, 0.29) is 0 Å². The van der Waals surface area contributed by atoms with E-state index in [1.807, 2.05) is 91.0 Å². The summed E-state index contributed by atoms with van der Waals surface area (Å²) >= 11 is 0. The normalized spacial score (nSPS) is 11.1. The highest BCUT2D eigenvalue weighted by molar-refractivity contribution is 5.96. The van der Waals surface area contributed by atoms with Gasteiger partial charge in [0.1, 0.15) is 11.6 Å². The van der Waals surface area contributed by atoms with Crippen LogP contribution in [-0.2, 0) is 20.0 Å². The monoisotopic (exact) mass is 750 g/mol. The average Bonchev–Trinajstić information content (AvgIpc) is 4.05. The van der Waals surface area contributed by atoms with E-state index in [9.17, 15) is 9.90 Å². The van der Waals surface area contributed by atoms with E-state index in [1.54, 1.807) is 24.8 Å². The lowest BCUT2D eigenvalue weighted by molar-refractivity contribution is 0.0697. The molecule has 4 aromatic heterocycles. The summed E-state index contributed by atoms with van der Waals surface area (Å²) in [5.74, 6) is 1.08. The second-order valence-electron chi connectivity index (χ2n) is 13.9. The number of H-pyrrole nitrogens is 2. The minimum absolute atomic E-state index is 0.307. The molecule has 0 bridgehead atoms. The van der Waals surface area contributed by atoms with Crippen molar-refractivity contribution in [1.82, 2.24) is 39.0 Å². The standard InChI is InChI=1S/C33H30N4O2.2C7H6N2/c1-4-9-30-35-31-21(2)18-24(32-34-27-12-7-8-13-28(27)36(32)3)19-29(31)37(30)20-22-14-16-23(17-15-22)25-10-5-6-11-26(25)33(38)39;2*1-2-4-7-6(3-1)8-5-9-7/h5-8,10-19H,4,9,20H2,1-3H3,(H,38,39);2*1-5H,(H,8,9). The molecule has 0 aliphatic rings. The van der Waals surface area contributed by atoms with Gasteiger partial charge < -0.3 is 24.2 Å². The third kappa shape index (κ3) is 7.66. The van der Waals surface area contributed by atoms with Gasteiger partial charge in [0.2, 0.25) is 0 Å². The summed E-state index contributed by atoms with van der Waals surface area (Å²) < 4.78 is 4.47. The zero-order valence-corrected chi connectivity index (χ0v) is 32.0. The summed E-state index contributed by atoms with van der Waals surface area (Å²) in [7, 11) is 2.06. The van der Waals surface area contributed by atoms with Gasteiger partial charge in [0, 0.05) is 25.6 Å². The van der Waals surface area contributed by atoms with Gasteiger partial charge >= 0.3 is 5.97 Å². The van der Waals surface area contributed by atoms with Crippen LogP contribution >= 0.6 is 0 Å². The summed E-state index contributed by atoms with van der Waals surface area (Å²) in [5, 5.41) is 9.60. The highest BCUT2D eigenvalue weighted by Crippen LogP contribution is 2.31. The molecule has 4 heterocycles. The molecule has 0 aliphatic heterocycles. The Kier molecular flexibility index (Phi) is 10.4. The first kappa shape index (κ1) is 36.6. The number of nitrogens with one attached hydrogen (secondary N) is 2. The van der Waals surface area contributed by atoms with Crippen LogP contribution in [0.25, 0.3) is 66.6 Å². The third-order valence-corrected chi connectivity index (χ3v) is 10.1. The zero-order chi connectivity index (χ0) is 39.3. The van der Waals surface area contributed by atoms with Gasteiger partial charge in [-0.05, 0) is 90.2 Å². The van der Waals surface area contributed by atoms with Crippen molar-refractivity contribution >= 4 is 50.1 Å². The van der Waals surface area contributed by atoms with Crippen LogP contribution in [-0.4, -0.2) is 50.1 Å². The Morgan fingerprint density at radius 3 is 1.93 bits per heavy atom. The van der Waals surface area contributed by atoms with Crippen LogP contribution in [0.1, 0.15) is 40.7 Å². The van der Waals surface area contributed by atoms with Crippen LogP contribution in [0, 0.1) is 6.92 Å². The lowest BCUT2D eigenvalue weighted by Crippen LogP contribution is -2.05. The highest BCUT2D eigenvalue weighted by atomic mass is 16.4. The predicted octanol–water partition coefficient (Wildman–Crippen LogP) is 10.4. The number of aromatic nitrogens is 8. The predicted molar refractivity (Wildman–Crippen MR) is 228 cm³/mol. The van der Waals surface area contributed by atoms with Crippen molar-refractivity contribution < 1.29 is 9.90 Å². The number of hydrogen-bond donors (Lipinski definition) is 3. The molecule has 6 aromatic carbocycles. The number of carboxylic acids is 1. The van der Waals surface area contributed by atoms with Crippen molar-refractivity contribution in [3.63, 3.8) is 0 Å². The molecule has 0 amide bonds. The third-order valence-electron chi connectivity index (χ3n) is 10.1. The second kappa shape index (κ2) is 16.2. The van der Waals surface area contributed by atoms with E-state index in [0.717, 1.165) is 96.4 Å². The van der Waals surface area contributed by atoms with E-state index in [4.69, 9.17) is 9.97 Å². The Morgan fingerprint density at radius 1 is 0.684 bits per heavy atom. The Labute approximate surface area is 329 Å². The van der Waals surface area contributed by atoms with Gasteiger partial charge in [-0.15, -0.1) is 0 Å². The maximum absolute atomic E-state index is 11.7. The maximum Gasteiger partial charge on any atom is 0.336 e. The van der Waals surface area contributed by atoms with Gasteiger partial charge in [-0.1, -0.05) is 85.8 Å². The number of benzene rings is 6. The number of para-hydroxylation sites is 6. The molecule has 10 rings (SSSR count). The lowest BCUT2D eigenvalue weighted by atomic mass is 9.98. The van der Waals surface area contributed by atoms with Gasteiger partial charge in [-0.3, -0.25) is 0 Å². The van der Waals surface area contributed by atoms with E-state index in [2.05, 4.69) is 80.3 Å².